The van der Waals surface area contributed by atoms with Gasteiger partial charge in [-0.15, -0.1) is 0 Å². The summed E-state index contributed by atoms with van der Waals surface area (Å²) in [5.74, 6) is 1.83. The van der Waals surface area contributed by atoms with E-state index in [1.807, 2.05) is 42.5 Å². The molecule has 6 rings (SSSR count). The second-order valence-electron chi connectivity index (χ2n) is 11.7. The van der Waals surface area contributed by atoms with Crippen LogP contribution in [0.2, 0.25) is 0 Å². The quantitative estimate of drug-likeness (QED) is 0.0700. The summed E-state index contributed by atoms with van der Waals surface area (Å²) in [4.78, 5) is 9.21. The number of rotatable bonds is 13. The van der Waals surface area contributed by atoms with E-state index >= 15 is 0 Å². The van der Waals surface area contributed by atoms with Gasteiger partial charge in [-0.25, -0.2) is 0 Å². The third kappa shape index (κ3) is 7.53. The Kier molecular flexibility index (Phi) is 10.5. The molecule has 1 heterocycles. The summed E-state index contributed by atoms with van der Waals surface area (Å²) >= 11 is 2.86. The number of nitrogens with two attached hydrogens (primary N) is 1. The Labute approximate surface area is 291 Å². The van der Waals surface area contributed by atoms with E-state index < -0.39 is 4.25 Å². The van der Waals surface area contributed by atoms with Crippen molar-refractivity contribution in [2.75, 3.05) is 19.3 Å². The van der Waals surface area contributed by atoms with Crippen LogP contribution in [0.25, 0.3) is 0 Å². The first-order valence-corrected chi connectivity index (χ1v) is 21.3. The maximum atomic E-state index is 6.25. The number of aliphatic imine (C=N–C) groups is 2. The van der Waals surface area contributed by atoms with Gasteiger partial charge in [-0.3, -0.25) is 10.3 Å². The third-order valence-corrected chi connectivity index (χ3v) is 20.4. The number of nitrogens with zero attached hydrogens (tertiary/aromatic N) is 2. The van der Waals surface area contributed by atoms with Crippen LogP contribution in [-0.4, -0.2) is 31.2 Å². The Balaban J connectivity index is 1.09. The molecule has 1 unspecified atom stereocenters. The fourth-order valence-corrected chi connectivity index (χ4v) is 15.0. The molecule has 47 heavy (non-hydrogen) atoms. The van der Waals surface area contributed by atoms with Gasteiger partial charge in [-0.2, -0.15) is 0 Å². The van der Waals surface area contributed by atoms with Crippen molar-refractivity contribution in [2.45, 2.75) is 25.4 Å². The van der Waals surface area contributed by atoms with Crippen molar-refractivity contribution in [3.8, 4) is 5.75 Å². The van der Waals surface area contributed by atoms with Gasteiger partial charge >= 0.3 is 228 Å². The minimum Gasteiger partial charge on any atom is -0.297 e. The van der Waals surface area contributed by atoms with Gasteiger partial charge in [-0.1, -0.05) is 30.3 Å². The molecule has 1 aliphatic rings. The number of guanidine groups is 2. The fraction of sp³-hybridized carbons (Fsp3) is 0.179. The molecule has 0 bridgehead atoms. The molecule has 1 atom stereocenters. The van der Waals surface area contributed by atoms with Gasteiger partial charge in [0.2, 0.25) is 0 Å². The Bertz CT molecular complexity index is 1690. The van der Waals surface area contributed by atoms with Crippen molar-refractivity contribution in [3.63, 3.8) is 0 Å². The molecule has 0 saturated heterocycles. The monoisotopic (exact) mass is 753 g/mol. The zero-order valence-electron chi connectivity index (χ0n) is 26.4. The van der Waals surface area contributed by atoms with E-state index in [-0.39, 0.29) is 6.17 Å². The van der Waals surface area contributed by atoms with Crippen molar-refractivity contribution in [2.24, 2.45) is 15.7 Å². The summed E-state index contributed by atoms with van der Waals surface area (Å²) in [5.41, 5.74) is 8.35. The average molecular weight is 754 g/mol. The number of nitrogens with one attached hydrogen (secondary N) is 2. The van der Waals surface area contributed by atoms with Crippen LogP contribution in [0.15, 0.2) is 156 Å². The van der Waals surface area contributed by atoms with Crippen LogP contribution in [-0.2, 0) is 6.42 Å². The number of hydrogen-bond acceptors (Lipinski definition) is 4. The molecule has 5 aromatic rings. The fourth-order valence-electron chi connectivity index (χ4n) is 6.17. The Morgan fingerprint density at radius 1 is 0.702 bits per heavy atom. The van der Waals surface area contributed by atoms with Crippen LogP contribution in [0, 0.1) is 0 Å². The summed E-state index contributed by atoms with van der Waals surface area (Å²) in [6.45, 7) is 1.30. The molecule has 4 N–H and O–H groups in total. The third-order valence-electron chi connectivity index (χ3n) is 8.62. The predicted octanol–water partition coefficient (Wildman–Crippen LogP) is 6.83. The van der Waals surface area contributed by atoms with Crippen molar-refractivity contribution in [3.05, 3.63) is 157 Å². The van der Waals surface area contributed by atoms with E-state index in [2.05, 4.69) is 146 Å². The first kappa shape index (κ1) is 32.7. The Hall–Kier alpha value is -4.20. The molecule has 0 aromatic heterocycles. The van der Waals surface area contributed by atoms with Gasteiger partial charge in [0, 0.05) is 6.54 Å². The minimum absolute atomic E-state index is 0.313. The molecule has 0 amide bonds. The van der Waals surface area contributed by atoms with Gasteiger partial charge in [0.15, 0.2) is 0 Å². The normalized spacial score (nSPS) is 16.3. The first-order valence-electron chi connectivity index (χ1n) is 16.1. The van der Waals surface area contributed by atoms with E-state index in [4.69, 9.17) is 10.5 Å². The van der Waals surface area contributed by atoms with E-state index in [1.165, 1.54) is 21.5 Å². The number of halogens is 1. The molecule has 0 radical (unpaired) electrons. The minimum atomic E-state index is -2.76. The first-order chi connectivity index (χ1) is 23.0. The zero-order valence-corrected chi connectivity index (χ0v) is 29.4. The smallest absolute Gasteiger partial charge is 0.297 e. The van der Waals surface area contributed by atoms with Crippen molar-refractivity contribution >= 4 is 54.1 Å². The molecule has 8 heteroatoms. The van der Waals surface area contributed by atoms with Crippen LogP contribution in [0.1, 0.15) is 30.1 Å². The van der Waals surface area contributed by atoms with Gasteiger partial charge in [0.05, 0.1) is 0 Å². The molecule has 0 aliphatic carbocycles. The number of benzene rings is 5. The van der Waals surface area contributed by atoms with Gasteiger partial charge in [-0.05, 0) is 12.0 Å². The molecular formula is C39H41IN5OP. The molecule has 240 valence electrons. The Morgan fingerprint density at radius 3 is 1.79 bits per heavy atom. The van der Waals surface area contributed by atoms with E-state index in [0.29, 0.717) is 25.1 Å². The second kappa shape index (κ2) is 15.1. The Morgan fingerprint density at radius 2 is 1.23 bits per heavy atom. The van der Waals surface area contributed by atoms with Crippen LogP contribution in [0.3, 0.4) is 0 Å². The molecule has 0 saturated carbocycles. The molecule has 0 spiro atoms. The molecule has 0 fully saturated rings. The number of ether oxygens (including phenoxy) is 1. The van der Waals surface area contributed by atoms with Crippen LogP contribution in [0.5, 0.6) is 5.75 Å². The van der Waals surface area contributed by atoms with Crippen molar-refractivity contribution in [1.82, 2.24) is 10.6 Å². The van der Waals surface area contributed by atoms with Gasteiger partial charge in [0.25, 0.3) is 0 Å². The van der Waals surface area contributed by atoms with E-state index in [0.717, 1.165) is 36.7 Å². The average Bonchev–Trinajstić information content (AvgIpc) is 3.13. The summed E-state index contributed by atoms with van der Waals surface area (Å²) in [7, 11) is 0. The van der Waals surface area contributed by atoms with Crippen molar-refractivity contribution < 1.29 is 4.74 Å². The zero-order chi connectivity index (χ0) is 32.4. The molecule has 1 aliphatic heterocycles. The standard InChI is InChI=1S/C39H41IN5OP/c40-47(34-17-7-2-8-18-34,35-19-9-3-10-20-35,36-21-11-4-12-22-36)30-14-13-29-46-33-25-23-32(24-26-33)37-43-38(41)45-39(44-37)42-28-27-31-15-5-1-6-16-31/h1-12,15-26,37H,13-14,27-30H2,(H4,41,42,43,44,45). The molecular weight excluding hydrogens is 712 g/mol. The van der Waals surface area contributed by atoms with Crippen LogP contribution < -0.4 is 37.0 Å². The summed E-state index contributed by atoms with van der Waals surface area (Å²) in [6, 6.07) is 51.7. The second-order valence-corrected chi connectivity index (χ2v) is 22.4. The number of hydrogen-bond donors (Lipinski definition) is 3. The molecule has 5 aromatic carbocycles. The topological polar surface area (TPSA) is 84.0 Å². The van der Waals surface area contributed by atoms with Crippen molar-refractivity contribution in [1.29, 1.82) is 0 Å². The summed E-state index contributed by atoms with van der Waals surface area (Å²) in [6.07, 6.45) is 3.59. The number of unbranched alkanes of at least 4 members (excludes halogenated alkanes) is 1. The SMILES string of the molecule is NC1=NC(c2ccc(OCCCCP(I)(c3ccccc3)(c3ccccc3)c3ccccc3)cc2)NC(=NCCc2ccccc2)N1. The summed E-state index contributed by atoms with van der Waals surface area (Å²) in [5, 5.41) is 10.6. The van der Waals surface area contributed by atoms with Crippen LogP contribution >= 0.6 is 26.3 Å². The van der Waals surface area contributed by atoms with Gasteiger partial charge < -0.3 is 5.73 Å². The molecule has 6 nitrogen and oxygen atoms in total. The summed E-state index contributed by atoms with van der Waals surface area (Å²) < 4.78 is 3.48. The van der Waals surface area contributed by atoms with Gasteiger partial charge in [0.1, 0.15) is 0 Å². The predicted molar refractivity (Wildman–Crippen MR) is 208 cm³/mol. The van der Waals surface area contributed by atoms with Crippen LogP contribution in [0.4, 0.5) is 0 Å². The maximum absolute atomic E-state index is 6.25. The van der Waals surface area contributed by atoms with E-state index in [1.54, 1.807) is 0 Å². The van der Waals surface area contributed by atoms with E-state index in [9.17, 15) is 0 Å².